The van der Waals surface area contributed by atoms with E-state index in [0.717, 1.165) is 20.0 Å². The third-order valence-corrected chi connectivity index (χ3v) is 7.05. The molecule has 0 bridgehead atoms. The van der Waals surface area contributed by atoms with Gasteiger partial charge in [0.15, 0.2) is 5.43 Å². The van der Waals surface area contributed by atoms with E-state index < -0.39 is 10.0 Å². The molecule has 2 heterocycles. The van der Waals surface area contributed by atoms with Gasteiger partial charge >= 0.3 is 0 Å². The summed E-state index contributed by atoms with van der Waals surface area (Å²) in [4.78, 5) is 14.9. The predicted octanol–water partition coefficient (Wildman–Crippen LogP) is 4.30. The normalized spacial score (nSPS) is 11.7. The third-order valence-electron chi connectivity index (χ3n) is 4.01. The van der Waals surface area contributed by atoms with E-state index in [1.165, 1.54) is 34.8 Å². The Morgan fingerprint density at radius 2 is 1.62 bits per heavy atom. The number of fused-ring (bicyclic) bond motifs is 1. The summed E-state index contributed by atoms with van der Waals surface area (Å²) in [6, 6.07) is 17.7. The molecule has 2 N–H and O–H groups in total. The first-order valence-electron chi connectivity index (χ1n) is 7.68. The van der Waals surface area contributed by atoms with Gasteiger partial charge in [-0.3, -0.25) is 4.79 Å². The van der Waals surface area contributed by atoms with E-state index in [-0.39, 0.29) is 10.3 Å². The van der Waals surface area contributed by atoms with Gasteiger partial charge in [0.2, 0.25) is 10.0 Å². The van der Waals surface area contributed by atoms with E-state index in [9.17, 15) is 13.2 Å². The van der Waals surface area contributed by atoms with E-state index >= 15 is 0 Å². The third kappa shape index (κ3) is 2.99. The molecule has 130 valence electrons. The second-order valence-corrected chi connectivity index (χ2v) is 9.24. The molecule has 4 aromatic rings. The zero-order valence-corrected chi connectivity index (χ0v) is 15.8. The number of primary sulfonamides is 1. The Kier molecular flexibility index (Phi) is 4.24. The number of hydrogen-bond acceptors (Lipinski definition) is 5. The van der Waals surface area contributed by atoms with Crippen LogP contribution in [0.25, 0.3) is 31.0 Å². The maximum atomic E-state index is 13.1. The van der Waals surface area contributed by atoms with Gasteiger partial charge in [-0.15, -0.1) is 22.7 Å². The smallest absolute Gasteiger partial charge is 0.238 e. The van der Waals surface area contributed by atoms with Crippen molar-refractivity contribution in [3.8, 4) is 20.9 Å². The lowest BCUT2D eigenvalue weighted by Gasteiger charge is -2.10. The molecule has 0 aliphatic rings. The number of nitrogens with two attached hydrogens (primary N) is 1. The number of thiophene rings is 1. The van der Waals surface area contributed by atoms with Gasteiger partial charge in [0.25, 0.3) is 0 Å². The maximum absolute atomic E-state index is 13.1. The molecule has 2 aromatic heterocycles. The zero-order chi connectivity index (χ0) is 18.3. The van der Waals surface area contributed by atoms with E-state index in [2.05, 4.69) is 0 Å². The van der Waals surface area contributed by atoms with Crippen LogP contribution < -0.4 is 10.6 Å². The molecule has 0 spiro atoms. The highest BCUT2D eigenvalue weighted by atomic mass is 32.2. The second-order valence-electron chi connectivity index (χ2n) is 5.68. The fraction of sp³-hybridized carbons (Fsp3) is 0. The van der Waals surface area contributed by atoms with E-state index in [1.807, 2.05) is 41.8 Å². The Morgan fingerprint density at radius 1 is 0.885 bits per heavy atom. The van der Waals surface area contributed by atoms with Crippen molar-refractivity contribution < 1.29 is 8.42 Å². The first-order valence-corrected chi connectivity index (χ1v) is 10.9. The van der Waals surface area contributed by atoms with Crippen LogP contribution in [0.3, 0.4) is 0 Å². The summed E-state index contributed by atoms with van der Waals surface area (Å²) < 4.78 is 23.9. The number of hydrogen-bond donors (Lipinski definition) is 1. The molecule has 4 rings (SSSR count). The molecule has 0 saturated carbocycles. The Bertz CT molecular complexity index is 1260. The van der Waals surface area contributed by atoms with Gasteiger partial charge in [0.05, 0.1) is 10.5 Å². The van der Waals surface area contributed by atoms with Gasteiger partial charge in [-0.05, 0) is 41.3 Å². The lowest BCUT2D eigenvalue weighted by atomic mass is 10.1. The van der Waals surface area contributed by atoms with E-state index in [1.54, 1.807) is 12.1 Å². The Hall–Kier alpha value is -2.32. The monoisotopic (exact) mass is 399 g/mol. The van der Waals surface area contributed by atoms with Crippen LogP contribution in [0.2, 0.25) is 0 Å². The van der Waals surface area contributed by atoms with Gasteiger partial charge in [-0.25, -0.2) is 13.6 Å². The van der Waals surface area contributed by atoms with Crippen LogP contribution >= 0.6 is 22.7 Å². The van der Waals surface area contributed by atoms with Crippen LogP contribution in [0.1, 0.15) is 0 Å². The molecular formula is C19H13NO3S3. The van der Waals surface area contributed by atoms with Crippen molar-refractivity contribution in [2.45, 2.75) is 4.90 Å². The summed E-state index contributed by atoms with van der Waals surface area (Å²) in [7, 11) is -3.75. The first kappa shape index (κ1) is 17.1. The van der Waals surface area contributed by atoms with Crippen LogP contribution in [0.4, 0.5) is 0 Å². The average Bonchev–Trinajstić information content (AvgIpc) is 3.15. The fourth-order valence-corrected chi connectivity index (χ4v) is 5.34. The number of rotatable bonds is 3. The summed E-state index contributed by atoms with van der Waals surface area (Å²) in [5.41, 5.74) is 1.41. The van der Waals surface area contributed by atoms with E-state index in [4.69, 9.17) is 5.14 Å². The standard InChI is InChI=1S/C19H13NO3S3/c20-26(22,23)13-9-7-12(8-10-13)19-17(16-6-3-11-24-16)18(21)14-4-1-2-5-15(14)25-19/h1-11H,(H2,20,22,23). The molecule has 0 amide bonds. The van der Waals surface area contributed by atoms with Crippen molar-refractivity contribution in [1.29, 1.82) is 0 Å². The van der Waals surface area contributed by atoms with Crippen molar-refractivity contribution in [2.24, 2.45) is 5.14 Å². The summed E-state index contributed by atoms with van der Waals surface area (Å²) in [6.07, 6.45) is 0. The Morgan fingerprint density at radius 3 is 2.27 bits per heavy atom. The van der Waals surface area contributed by atoms with Gasteiger partial charge in [0, 0.05) is 19.8 Å². The molecule has 7 heteroatoms. The average molecular weight is 400 g/mol. The minimum Gasteiger partial charge on any atom is -0.288 e. The summed E-state index contributed by atoms with van der Waals surface area (Å²) in [5, 5.41) is 7.80. The van der Waals surface area contributed by atoms with Gasteiger partial charge in [-0.1, -0.05) is 30.3 Å². The van der Waals surface area contributed by atoms with Crippen LogP contribution in [-0.4, -0.2) is 8.42 Å². The minimum absolute atomic E-state index is 0.0210. The Balaban J connectivity index is 2.03. The van der Waals surface area contributed by atoms with Crippen LogP contribution in [0, 0.1) is 0 Å². The van der Waals surface area contributed by atoms with Gasteiger partial charge in [0.1, 0.15) is 0 Å². The topological polar surface area (TPSA) is 77.2 Å². The maximum Gasteiger partial charge on any atom is 0.238 e. The zero-order valence-electron chi connectivity index (χ0n) is 13.4. The highest BCUT2D eigenvalue weighted by Gasteiger charge is 2.17. The molecule has 0 radical (unpaired) electrons. The van der Waals surface area contributed by atoms with Gasteiger partial charge in [-0.2, -0.15) is 0 Å². The molecular weight excluding hydrogens is 386 g/mol. The van der Waals surface area contributed by atoms with Crippen molar-refractivity contribution in [2.75, 3.05) is 0 Å². The van der Waals surface area contributed by atoms with Crippen molar-refractivity contribution in [1.82, 2.24) is 0 Å². The summed E-state index contributed by atoms with van der Waals surface area (Å²) in [5.74, 6) is 0. The highest BCUT2D eigenvalue weighted by molar-refractivity contribution is 7.89. The van der Waals surface area contributed by atoms with Crippen LogP contribution in [0.15, 0.2) is 75.7 Å². The molecule has 2 aromatic carbocycles. The summed E-state index contributed by atoms with van der Waals surface area (Å²) >= 11 is 3.02. The minimum atomic E-state index is -3.75. The SMILES string of the molecule is NS(=O)(=O)c1ccc(-c2sc3ccccc3c(=O)c2-c2cccs2)cc1. The molecule has 0 atom stereocenters. The number of sulfonamides is 1. The molecule has 0 fully saturated rings. The van der Waals surface area contributed by atoms with E-state index in [0.29, 0.717) is 10.9 Å². The second kappa shape index (κ2) is 6.44. The van der Waals surface area contributed by atoms with Gasteiger partial charge < -0.3 is 0 Å². The highest BCUT2D eigenvalue weighted by Crippen LogP contribution is 2.38. The molecule has 26 heavy (non-hydrogen) atoms. The molecule has 4 nitrogen and oxygen atoms in total. The van der Waals surface area contributed by atoms with Crippen molar-refractivity contribution in [3.05, 3.63) is 76.3 Å². The Labute approximate surface area is 158 Å². The lowest BCUT2D eigenvalue weighted by Crippen LogP contribution is -2.11. The molecule has 0 aliphatic carbocycles. The lowest BCUT2D eigenvalue weighted by molar-refractivity contribution is 0.598. The van der Waals surface area contributed by atoms with Crippen LogP contribution in [-0.2, 0) is 10.0 Å². The first-order chi connectivity index (χ1) is 12.4. The summed E-state index contributed by atoms with van der Waals surface area (Å²) in [6.45, 7) is 0. The molecule has 0 aliphatic heterocycles. The number of benzene rings is 2. The fourth-order valence-electron chi connectivity index (χ4n) is 2.79. The quantitative estimate of drug-likeness (QED) is 0.558. The largest absolute Gasteiger partial charge is 0.288 e. The van der Waals surface area contributed by atoms with Crippen LogP contribution in [0.5, 0.6) is 0 Å². The molecule has 0 unspecified atom stereocenters. The van der Waals surface area contributed by atoms with Crippen molar-refractivity contribution >= 4 is 42.8 Å². The van der Waals surface area contributed by atoms with Crippen molar-refractivity contribution in [3.63, 3.8) is 0 Å². The predicted molar refractivity (Wildman–Crippen MR) is 108 cm³/mol. The molecule has 0 saturated heterocycles.